The van der Waals surface area contributed by atoms with E-state index in [0.29, 0.717) is 25.4 Å². The first kappa shape index (κ1) is 17.4. The molecule has 0 spiro atoms. The molecule has 1 heterocycles. The van der Waals surface area contributed by atoms with Gasteiger partial charge in [-0.1, -0.05) is 19.9 Å². The Bertz CT molecular complexity index is 432. The first-order chi connectivity index (χ1) is 9.93. The highest BCUT2D eigenvalue weighted by molar-refractivity contribution is 5.70. The number of aliphatic carboxylic acids is 1. The number of carboxylic acid groups (broad SMARTS) is 1. The van der Waals surface area contributed by atoms with E-state index in [0.717, 1.165) is 17.9 Å². The first-order valence-corrected chi connectivity index (χ1v) is 7.53. The van der Waals surface area contributed by atoms with Crippen LogP contribution in [-0.2, 0) is 11.3 Å². The minimum atomic E-state index is -0.728. The largest absolute Gasteiger partial charge is 0.481 e. The molecule has 0 aliphatic rings. The number of rotatable bonds is 9. The average molecular weight is 293 g/mol. The van der Waals surface area contributed by atoms with E-state index in [1.165, 1.54) is 0 Å². The summed E-state index contributed by atoms with van der Waals surface area (Å²) >= 11 is 0. The normalized spacial score (nSPS) is 12.4. The van der Waals surface area contributed by atoms with E-state index >= 15 is 0 Å². The van der Waals surface area contributed by atoms with Crippen LogP contribution in [0.5, 0.6) is 0 Å². The molecular weight excluding hydrogens is 266 g/mol. The van der Waals surface area contributed by atoms with Crippen LogP contribution in [0.25, 0.3) is 0 Å². The van der Waals surface area contributed by atoms with Crippen molar-refractivity contribution in [2.45, 2.75) is 33.7 Å². The number of nitrogens with one attached hydrogen (secondary N) is 1. The predicted octanol–water partition coefficient (Wildman–Crippen LogP) is 2.37. The third kappa shape index (κ3) is 6.12. The van der Waals surface area contributed by atoms with Crippen molar-refractivity contribution >= 4 is 11.8 Å². The van der Waals surface area contributed by atoms with Gasteiger partial charge in [0, 0.05) is 32.9 Å². The molecule has 1 aromatic heterocycles. The second-order valence-electron chi connectivity index (χ2n) is 5.83. The number of hydrogen-bond acceptors (Lipinski definition) is 4. The Balaban J connectivity index is 2.45. The number of nitrogens with zero attached hydrogens (tertiary/aromatic N) is 2. The Morgan fingerprint density at radius 2 is 2.14 bits per heavy atom. The van der Waals surface area contributed by atoms with Gasteiger partial charge in [0.25, 0.3) is 0 Å². The Labute approximate surface area is 127 Å². The first-order valence-electron chi connectivity index (χ1n) is 7.53. The minimum absolute atomic E-state index is 0.330. The van der Waals surface area contributed by atoms with Gasteiger partial charge in [-0.2, -0.15) is 0 Å². The van der Waals surface area contributed by atoms with Crippen LogP contribution in [-0.4, -0.2) is 36.2 Å². The van der Waals surface area contributed by atoms with Gasteiger partial charge in [0.2, 0.25) is 0 Å². The standard InChI is InChI=1S/C16H27N3O2/c1-5-19(4)15-7-6-13(10-18-15)9-17-11-14(16(20)21)8-12(2)3/h6-7,10,12,14,17H,5,8-9,11H2,1-4H3,(H,20,21). The molecule has 118 valence electrons. The van der Waals surface area contributed by atoms with E-state index in [-0.39, 0.29) is 5.92 Å². The topological polar surface area (TPSA) is 65.5 Å². The van der Waals surface area contributed by atoms with E-state index in [1.807, 2.05) is 39.2 Å². The average Bonchev–Trinajstić information content (AvgIpc) is 2.45. The summed E-state index contributed by atoms with van der Waals surface area (Å²) in [5.74, 6) is 0.278. The summed E-state index contributed by atoms with van der Waals surface area (Å²) in [6, 6.07) is 4.02. The lowest BCUT2D eigenvalue weighted by atomic mass is 9.97. The van der Waals surface area contributed by atoms with E-state index in [1.54, 1.807) is 0 Å². The molecule has 0 saturated heterocycles. The van der Waals surface area contributed by atoms with Crippen LogP contribution in [0, 0.1) is 11.8 Å². The molecule has 0 fully saturated rings. The second-order valence-corrected chi connectivity index (χ2v) is 5.83. The quantitative estimate of drug-likeness (QED) is 0.732. The summed E-state index contributed by atoms with van der Waals surface area (Å²) in [7, 11) is 2.00. The maximum absolute atomic E-state index is 11.2. The number of pyridine rings is 1. The van der Waals surface area contributed by atoms with Crippen LogP contribution >= 0.6 is 0 Å². The van der Waals surface area contributed by atoms with Crippen LogP contribution in [0.15, 0.2) is 18.3 Å². The number of carboxylic acids is 1. The SMILES string of the molecule is CCN(C)c1ccc(CNCC(CC(C)C)C(=O)O)cn1. The molecule has 1 atom stereocenters. The van der Waals surface area contributed by atoms with Gasteiger partial charge in [-0.15, -0.1) is 0 Å². The Hall–Kier alpha value is -1.62. The minimum Gasteiger partial charge on any atom is -0.481 e. The molecule has 0 aliphatic carbocycles. The zero-order valence-corrected chi connectivity index (χ0v) is 13.5. The summed E-state index contributed by atoms with van der Waals surface area (Å²) in [5.41, 5.74) is 1.07. The van der Waals surface area contributed by atoms with E-state index in [4.69, 9.17) is 0 Å². The molecule has 2 N–H and O–H groups in total. The van der Waals surface area contributed by atoms with Gasteiger partial charge in [-0.3, -0.25) is 4.79 Å². The molecular formula is C16H27N3O2. The van der Waals surface area contributed by atoms with E-state index in [9.17, 15) is 9.90 Å². The maximum Gasteiger partial charge on any atom is 0.307 e. The summed E-state index contributed by atoms with van der Waals surface area (Å²) in [6.45, 7) is 8.22. The van der Waals surface area contributed by atoms with Crippen molar-refractivity contribution in [2.24, 2.45) is 11.8 Å². The number of hydrogen-bond donors (Lipinski definition) is 2. The summed E-state index contributed by atoms with van der Waals surface area (Å²) in [4.78, 5) is 17.6. The van der Waals surface area contributed by atoms with Crippen molar-refractivity contribution in [1.29, 1.82) is 0 Å². The van der Waals surface area contributed by atoms with Crippen molar-refractivity contribution in [1.82, 2.24) is 10.3 Å². The lowest BCUT2D eigenvalue weighted by molar-refractivity contribution is -0.142. The van der Waals surface area contributed by atoms with Gasteiger partial charge >= 0.3 is 5.97 Å². The van der Waals surface area contributed by atoms with Crippen LogP contribution in [0.2, 0.25) is 0 Å². The molecule has 0 aliphatic heterocycles. The zero-order chi connectivity index (χ0) is 15.8. The predicted molar refractivity (Wildman–Crippen MR) is 85.5 cm³/mol. The Morgan fingerprint density at radius 1 is 1.43 bits per heavy atom. The summed E-state index contributed by atoms with van der Waals surface area (Å²) < 4.78 is 0. The highest BCUT2D eigenvalue weighted by Gasteiger charge is 2.18. The molecule has 21 heavy (non-hydrogen) atoms. The lowest BCUT2D eigenvalue weighted by Gasteiger charge is -2.17. The van der Waals surface area contributed by atoms with Gasteiger partial charge < -0.3 is 15.3 Å². The van der Waals surface area contributed by atoms with Crippen LogP contribution < -0.4 is 10.2 Å². The van der Waals surface area contributed by atoms with Gasteiger partial charge in [-0.05, 0) is 30.9 Å². The molecule has 0 aromatic carbocycles. The molecule has 1 aromatic rings. The Kier molecular flexibility index (Phi) is 7.15. The number of anilines is 1. The van der Waals surface area contributed by atoms with E-state index in [2.05, 4.69) is 22.1 Å². The van der Waals surface area contributed by atoms with Crippen molar-refractivity contribution in [3.05, 3.63) is 23.9 Å². The molecule has 0 bridgehead atoms. The molecule has 0 amide bonds. The molecule has 1 rings (SSSR count). The van der Waals surface area contributed by atoms with Crippen molar-refractivity contribution in [3.63, 3.8) is 0 Å². The van der Waals surface area contributed by atoms with Gasteiger partial charge in [-0.25, -0.2) is 4.98 Å². The van der Waals surface area contributed by atoms with Gasteiger partial charge in [0.1, 0.15) is 5.82 Å². The number of carbonyl (C=O) groups is 1. The fourth-order valence-corrected chi connectivity index (χ4v) is 2.14. The van der Waals surface area contributed by atoms with Crippen molar-refractivity contribution in [3.8, 4) is 0 Å². The van der Waals surface area contributed by atoms with E-state index < -0.39 is 5.97 Å². The summed E-state index contributed by atoms with van der Waals surface area (Å²) in [5, 5.41) is 12.4. The zero-order valence-electron chi connectivity index (χ0n) is 13.5. The van der Waals surface area contributed by atoms with Gasteiger partial charge in [0.05, 0.1) is 5.92 Å². The molecule has 0 saturated carbocycles. The third-order valence-corrected chi connectivity index (χ3v) is 3.50. The summed E-state index contributed by atoms with van der Waals surface area (Å²) in [6.07, 6.45) is 2.54. The fraction of sp³-hybridized carbons (Fsp3) is 0.625. The van der Waals surface area contributed by atoms with Crippen LogP contribution in [0.4, 0.5) is 5.82 Å². The maximum atomic E-state index is 11.2. The smallest absolute Gasteiger partial charge is 0.307 e. The third-order valence-electron chi connectivity index (χ3n) is 3.50. The molecule has 5 nitrogen and oxygen atoms in total. The number of aromatic nitrogens is 1. The van der Waals surface area contributed by atoms with Crippen molar-refractivity contribution < 1.29 is 9.90 Å². The molecule has 1 unspecified atom stereocenters. The highest BCUT2D eigenvalue weighted by Crippen LogP contribution is 2.12. The van der Waals surface area contributed by atoms with Gasteiger partial charge in [0.15, 0.2) is 0 Å². The molecule has 0 radical (unpaired) electrons. The van der Waals surface area contributed by atoms with Crippen LogP contribution in [0.1, 0.15) is 32.8 Å². The van der Waals surface area contributed by atoms with Crippen LogP contribution in [0.3, 0.4) is 0 Å². The highest BCUT2D eigenvalue weighted by atomic mass is 16.4. The van der Waals surface area contributed by atoms with Crippen molar-refractivity contribution in [2.75, 3.05) is 25.0 Å². The fourth-order valence-electron chi connectivity index (χ4n) is 2.14. The lowest BCUT2D eigenvalue weighted by Crippen LogP contribution is -2.29. The molecule has 5 heteroatoms. The Morgan fingerprint density at radius 3 is 2.62 bits per heavy atom. The second kappa shape index (κ2) is 8.62. The monoisotopic (exact) mass is 293 g/mol.